The second kappa shape index (κ2) is 5.54. The molecule has 2 aromatic heterocycles. The minimum Gasteiger partial charge on any atom is -0.383 e. The van der Waals surface area contributed by atoms with E-state index in [0.717, 1.165) is 17.1 Å². The number of nitrogens with one attached hydrogen (secondary N) is 1. The molecule has 0 spiro atoms. The molecule has 5 N–H and O–H groups in total. The molecule has 18 heavy (non-hydrogen) atoms. The quantitative estimate of drug-likeness (QED) is 0.564. The van der Waals surface area contributed by atoms with Crippen LogP contribution in [0.4, 0.5) is 17.5 Å². The van der Waals surface area contributed by atoms with Crippen LogP contribution in [0.1, 0.15) is 5.56 Å². The largest absolute Gasteiger partial charge is 0.383 e. The molecule has 0 aromatic carbocycles. The van der Waals surface area contributed by atoms with E-state index in [2.05, 4.69) is 20.3 Å². The molecule has 0 bridgehead atoms. The van der Waals surface area contributed by atoms with Gasteiger partial charge in [0.15, 0.2) is 5.16 Å². The minimum absolute atomic E-state index is 0.383. The van der Waals surface area contributed by atoms with Crippen LogP contribution in [0.3, 0.4) is 0 Å². The van der Waals surface area contributed by atoms with E-state index in [1.807, 2.05) is 25.4 Å². The number of nitrogens with two attached hydrogens (primary N) is 2. The fraction of sp³-hybridized carbons (Fsp3) is 0.182. The van der Waals surface area contributed by atoms with E-state index in [9.17, 15) is 0 Å². The number of aromatic nitrogens is 3. The van der Waals surface area contributed by atoms with Crippen LogP contribution in [0.2, 0.25) is 0 Å². The van der Waals surface area contributed by atoms with E-state index < -0.39 is 0 Å². The summed E-state index contributed by atoms with van der Waals surface area (Å²) in [7, 11) is 1.83. The molecule has 0 aliphatic carbocycles. The van der Waals surface area contributed by atoms with Crippen LogP contribution in [0, 0.1) is 0 Å². The van der Waals surface area contributed by atoms with Crippen LogP contribution in [0.15, 0.2) is 29.6 Å². The van der Waals surface area contributed by atoms with Crippen LogP contribution in [0.5, 0.6) is 0 Å². The number of pyridine rings is 1. The third-order valence-corrected chi connectivity index (χ3v) is 3.11. The Morgan fingerprint density at radius 2 is 1.94 bits per heavy atom. The van der Waals surface area contributed by atoms with Gasteiger partial charge in [0, 0.05) is 25.1 Å². The number of anilines is 3. The van der Waals surface area contributed by atoms with Crippen molar-refractivity contribution in [2.45, 2.75) is 10.9 Å². The molecule has 0 fully saturated rings. The van der Waals surface area contributed by atoms with Gasteiger partial charge in [0.25, 0.3) is 0 Å². The molecular weight excluding hydrogens is 248 g/mol. The first-order chi connectivity index (χ1) is 8.67. The topological polar surface area (TPSA) is 103 Å². The molecule has 2 rings (SSSR count). The lowest BCUT2D eigenvalue weighted by Crippen LogP contribution is -1.99. The summed E-state index contributed by atoms with van der Waals surface area (Å²) in [6.45, 7) is 0. The molecule has 0 unspecified atom stereocenters. The second-order valence-corrected chi connectivity index (χ2v) is 4.53. The fourth-order valence-corrected chi connectivity index (χ4v) is 2.14. The van der Waals surface area contributed by atoms with Gasteiger partial charge in [-0.2, -0.15) is 0 Å². The number of hydrogen-bond donors (Lipinski definition) is 3. The molecule has 0 aliphatic heterocycles. The highest BCUT2D eigenvalue weighted by molar-refractivity contribution is 7.98. The molecule has 0 amide bonds. The Bertz CT molecular complexity index is 507. The van der Waals surface area contributed by atoms with E-state index in [-0.39, 0.29) is 0 Å². The van der Waals surface area contributed by atoms with Crippen LogP contribution >= 0.6 is 11.8 Å². The maximum atomic E-state index is 5.60. The zero-order valence-electron chi connectivity index (χ0n) is 9.92. The smallest absolute Gasteiger partial charge is 0.191 e. The van der Waals surface area contributed by atoms with Gasteiger partial charge in [-0.15, -0.1) is 0 Å². The number of hydrogen-bond acceptors (Lipinski definition) is 7. The SMILES string of the molecule is CNc1ccc(CSc2nc(N)cc(N)n2)cn1. The van der Waals surface area contributed by atoms with Crippen molar-refractivity contribution in [3.63, 3.8) is 0 Å². The Balaban J connectivity index is 2.01. The average molecular weight is 262 g/mol. The maximum absolute atomic E-state index is 5.60. The highest BCUT2D eigenvalue weighted by Gasteiger charge is 2.02. The summed E-state index contributed by atoms with van der Waals surface area (Å²) >= 11 is 1.47. The van der Waals surface area contributed by atoms with Crippen molar-refractivity contribution in [3.05, 3.63) is 30.0 Å². The normalized spacial score (nSPS) is 10.3. The number of thioether (sulfide) groups is 1. The third-order valence-electron chi connectivity index (χ3n) is 2.19. The maximum Gasteiger partial charge on any atom is 0.191 e. The van der Waals surface area contributed by atoms with Gasteiger partial charge in [-0.1, -0.05) is 17.8 Å². The number of rotatable bonds is 4. The molecule has 2 aromatic rings. The molecule has 0 saturated heterocycles. The molecule has 0 saturated carbocycles. The lowest BCUT2D eigenvalue weighted by molar-refractivity contribution is 0.983. The van der Waals surface area contributed by atoms with Gasteiger partial charge in [-0.3, -0.25) is 0 Å². The zero-order chi connectivity index (χ0) is 13.0. The third kappa shape index (κ3) is 3.24. The molecule has 0 atom stereocenters. The predicted octanol–water partition coefficient (Wildman–Crippen LogP) is 1.37. The lowest BCUT2D eigenvalue weighted by atomic mass is 10.3. The standard InChI is InChI=1S/C11H14N6S/c1-14-10-3-2-7(5-15-10)6-18-11-16-8(12)4-9(13)17-11/h2-5H,6H2,1H3,(H,14,15)(H4,12,13,16,17). The van der Waals surface area contributed by atoms with Crippen LogP contribution in [-0.4, -0.2) is 22.0 Å². The Hall–Kier alpha value is -2.02. The van der Waals surface area contributed by atoms with Crippen LogP contribution in [-0.2, 0) is 5.75 Å². The minimum atomic E-state index is 0.383. The van der Waals surface area contributed by atoms with Crippen molar-refractivity contribution in [1.29, 1.82) is 0 Å². The van der Waals surface area contributed by atoms with Gasteiger partial charge < -0.3 is 16.8 Å². The Kier molecular flexibility index (Phi) is 3.83. The molecule has 94 valence electrons. The molecule has 7 heteroatoms. The highest BCUT2D eigenvalue weighted by atomic mass is 32.2. The van der Waals surface area contributed by atoms with E-state index in [4.69, 9.17) is 11.5 Å². The Morgan fingerprint density at radius 1 is 1.22 bits per heavy atom. The van der Waals surface area contributed by atoms with E-state index in [1.165, 1.54) is 17.8 Å². The average Bonchev–Trinajstić information content (AvgIpc) is 2.36. The first-order valence-corrected chi connectivity index (χ1v) is 6.31. The lowest BCUT2D eigenvalue weighted by Gasteiger charge is -2.03. The van der Waals surface area contributed by atoms with Gasteiger partial charge in [-0.25, -0.2) is 15.0 Å². The van der Waals surface area contributed by atoms with Crippen molar-refractivity contribution in [2.75, 3.05) is 23.8 Å². The summed E-state index contributed by atoms with van der Waals surface area (Å²) in [5, 5.41) is 3.54. The number of nitrogen functional groups attached to an aromatic ring is 2. The zero-order valence-corrected chi connectivity index (χ0v) is 10.7. The molecule has 2 heterocycles. The molecule has 6 nitrogen and oxygen atoms in total. The van der Waals surface area contributed by atoms with Gasteiger partial charge in [0.1, 0.15) is 17.5 Å². The molecule has 0 aliphatic rings. The fourth-order valence-electron chi connectivity index (χ4n) is 1.33. The highest BCUT2D eigenvalue weighted by Crippen LogP contribution is 2.21. The van der Waals surface area contributed by atoms with Crippen molar-refractivity contribution >= 4 is 29.2 Å². The first kappa shape index (κ1) is 12.4. The summed E-state index contributed by atoms with van der Waals surface area (Å²) in [5.41, 5.74) is 12.3. The van der Waals surface area contributed by atoms with E-state index in [1.54, 1.807) is 0 Å². The van der Waals surface area contributed by atoms with Gasteiger partial charge in [0.05, 0.1) is 0 Å². The second-order valence-electron chi connectivity index (χ2n) is 3.59. The number of nitrogens with zero attached hydrogens (tertiary/aromatic N) is 3. The van der Waals surface area contributed by atoms with Crippen LogP contribution < -0.4 is 16.8 Å². The van der Waals surface area contributed by atoms with Crippen molar-refractivity contribution in [3.8, 4) is 0 Å². The predicted molar refractivity (Wildman–Crippen MR) is 74.2 cm³/mol. The van der Waals surface area contributed by atoms with Crippen LogP contribution in [0.25, 0.3) is 0 Å². The summed E-state index contributed by atoms with van der Waals surface area (Å²) < 4.78 is 0. The summed E-state index contributed by atoms with van der Waals surface area (Å²) in [6, 6.07) is 5.46. The first-order valence-electron chi connectivity index (χ1n) is 5.33. The molecule has 0 radical (unpaired) electrons. The Morgan fingerprint density at radius 3 is 2.50 bits per heavy atom. The summed E-state index contributed by atoms with van der Waals surface area (Å²) in [4.78, 5) is 12.4. The van der Waals surface area contributed by atoms with Crippen molar-refractivity contribution in [2.24, 2.45) is 0 Å². The summed E-state index contributed by atoms with van der Waals surface area (Å²) in [6.07, 6.45) is 1.81. The van der Waals surface area contributed by atoms with Crippen molar-refractivity contribution in [1.82, 2.24) is 15.0 Å². The van der Waals surface area contributed by atoms with Gasteiger partial charge in [0.2, 0.25) is 0 Å². The van der Waals surface area contributed by atoms with Gasteiger partial charge in [-0.05, 0) is 11.6 Å². The van der Waals surface area contributed by atoms with Gasteiger partial charge >= 0.3 is 0 Å². The molecular formula is C11H14N6S. The van der Waals surface area contributed by atoms with Crippen molar-refractivity contribution < 1.29 is 0 Å². The Labute approximate surface area is 109 Å². The summed E-state index contributed by atoms with van der Waals surface area (Å²) in [5.74, 6) is 2.33. The van der Waals surface area contributed by atoms with E-state index >= 15 is 0 Å². The monoisotopic (exact) mass is 262 g/mol. The van der Waals surface area contributed by atoms with E-state index in [0.29, 0.717) is 16.8 Å².